The van der Waals surface area contributed by atoms with Crippen LogP contribution in [0.15, 0.2) is 61.1 Å². The number of methoxy groups -OCH3 is 2. The number of aromatic nitrogens is 4. The van der Waals surface area contributed by atoms with Crippen LogP contribution in [0.1, 0.15) is 56.0 Å². The summed E-state index contributed by atoms with van der Waals surface area (Å²) in [6, 6.07) is 13.0. The summed E-state index contributed by atoms with van der Waals surface area (Å²) in [5.41, 5.74) is 8.74. The Morgan fingerprint density at radius 1 is 0.872 bits per heavy atom. The van der Waals surface area contributed by atoms with Gasteiger partial charge in [0.1, 0.15) is 11.4 Å². The van der Waals surface area contributed by atoms with Crippen molar-refractivity contribution in [2.45, 2.75) is 71.1 Å². The Morgan fingerprint density at radius 2 is 1.51 bits per heavy atom. The maximum absolute atomic E-state index is 7.13. The van der Waals surface area contributed by atoms with Crippen molar-refractivity contribution in [1.29, 1.82) is 0 Å². The molecule has 47 heavy (non-hydrogen) atoms. The molecule has 1 aliphatic heterocycles. The van der Waals surface area contributed by atoms with Gasteiger partial charge in [-0.05, 0) is 56.1 Å². The molecule has 2 unspecified atom stereocenters. The molecule has 10 heteroatoms. The first-order valence-electron chi connectivity index (χ1n) is 16.4. The molecule has 2 fully saturated rings. The second-order valence-electron chi connectivity index (χ2n) is 12.7. The fourth-order valence-corrected chi connectivity index (χ4v) is 7.02. The molecule has 9 nitrogen and oxygen atoms in total. The molecule has 6 rings (SSSR count). The number of hydrogen-bond acceptors (Lipinski definition) is 9. The summed E-state index contributed by atoms with van der Waals surface area (Å²) in [7, 11) is 3.26. The van der Waals surface area contributed by atoms with Gasteiger partial charge in [-0.1, -0.05) is 61.5 Å². The van der Waals surface area contributed by atoms with Crippen molar-refractivity contribution in [2.75, 3.05) is 20.8 Å². The molecule has 2 aromatic carbocycles. The van der Waals surface area contributed by atoms with E-state index < -0.39 is 0 Å². The first kappa shape index (κ1) is 32.9. The van der Waals surface area contributed by atoms with E-state index in [2.05, 4.69) is 48.5 Å². The third-order valence-electron chi connectivity index (χ3n) is 9.32. The summed E-state index contributed by atoms with van der Waals surface area (Å²) in [4.78, 5) is 19.2. The van der Waals surface area contributed by atoms with Crippen LogP contribution in [0.3, 0.4) is 0 Å². The van der Waals surface area contributed by atoms with E-state index in [0.29, 0.717) is 47.6 Å². The predicted molar refractivity (Wildman–Crippen MR) is 187 cm³/mol. The summed E-state index contributed by atoms with van der Waals surface area (Å²) in [6.07, 6.45) is 9.35. The molecule has 0 bridgehead atoms. The Balaban J connectivity index is 1.22. The molecular weight excluding hydrogens is 610 g/mol. The zero-order chi connectivity index (χ0) is 32.9. The van der Waals surface area contributed by atoms with Gasteiger partial charge in [-0.3, -0.25) is 9.97 Å². The molecule has 2 aromatic heterocycles. The molecule has 0 radical (unpaired) electrons. The minimum atomic E-state index is 0.380. The van der Waals surface area contributed by atoms with Crippen LogP contribution in [0.2, 0.25) is 5.02 Å². The summed E-state index contributed by atoms with van der Waals surface area (Å²) in [5.74, 6) is 1.78. The number of nitrogens with zero attached hydrogens (tertiary/aromatic N) is 4. The number of rotatable bonds is 12. The predicted octanol–water partition coefficient (Wildman–Crippen LogP) is 6.88. The summed E-state index contributed by atoms with van der Waals surface area (Å²) in [6.45, 7) is 10.4. The smallest absolute Gasteiger partial charge is 0.237 e. The van der Waals surface area contributed by atoms with Crippen molar-refractivity contribution >= 4 is 11.6 Å². The largest absolute Gasteiger partial charge is 0.480 e. The molecule has 1 saturated heterocycles. The van der Waals surface area contributed by atoms with Crippen molar-refractivity contribution in [3.63, 3.8) is 0 Å². The Morgan fingerprint density at radius 3 is 2.15 bits per heavy atom. The van der Waals surface area contributed by atoms with Gasteiger partial charge >= 0.3 is 0 Å². The number of halogens is 1. The van der Waals surface area contributed by atoms with Crippen LogP contribution in [0.5, 0.6) is 11.8 Å². The Labute approximate surface area is 282 Å². The van der Waals surface area contributed by atoms with Gasteiger partial charge in [0.15, 0.2) is 0 Å². The standard InChI is InChI=1S/C37H44ClN7O2/c1-22-12-14-25(16-22)40-21-34-37(47-5)44-31(19-42-34)28-9-6-8-27(24(28)3)29-10-7-11-30(35(29)38)32-20-41-33(36(45-32)46-4)18-39-17-26-15-13-23(2)43-26/h6-11,19-20,22,25-26,39-40,43H,2,12-18,21H2,1,3-5H3/t22?,25?,26-/m0/s1. The molecule has 3 atom stereocenters. The number of benzene rings is 2. The average molecular weight is 654 g/mol. The Hall–Kier alpha value is -4.05. The molecule has 2 aliphatic rings. The van der Waals surface area contributed by atoms with Crippen LogP contribution in [-0.2, 0) is 13.1 Å². The number of allylic oxidation sites excluding steroid dienone is 1. The summed E-state index contributed by atoms with van der Waals surface area (Å²) in [5, 5.41) is 11.1. The first-order chi connectivity index (χ1) is 22.8. The lowest BCUT2D eigenvalue weighted by atomic mass is 9.93. The quantitative estimate of drug-likeness (QED) is 0.151. The normalized spacial score (nSPS) is 19.2. The Bertz CT molecular complexity index is 1750. The van der Waals surface area contributed by atoms with Gasteiger partial charge in [-0.25, -0.2) is 9.97 Å². The highest BCUT2D eigenvalue weighted by Crippen LogP contribution is 2.40. The fourth-order valence-electron chi connectivity index (χ4n) is 6.70. The number of nitrogens with one attached hydrogen (secondary N) is 3. The van der Waals surface area contributed by atoms with Crippen LogP contribution < -0.4 is 25.4 Å². The van der Waals surface area contributed by atoms with E-state index in [0.717, 1.165) is 75.9 Å². The van der Waals surface area contributed by atoms with E-state index in [1.165, 1.54) is 19.3 Å². The Kier molecular flexibility index (Phi) is 10.3. The topological polar surface area (TPSA) is 106 Å². The third-order valence-corrected chi connectivity index (χ3v) is 9.73. The highest BCUT2D eigenvalue weighted by atomic mass is 35.5. The summed E-state index contributed by atoms with van der Waals surface area (Å²) < 4.78 is 11.3. The zero-order valence-electron chi connectivity index (χ0n) is 27.7. The first-order valence-corrected chi connectivity index (χ1v) is 16.8. The van der Waals surface area contributed by atoms with Gasteiger partial charge in [-0.2, -0.15) is 0 Å². The minimum absolute atomic E-state index is 0.380. The maximum Gasteiger partial charge on any atom is 0.237 e. The van der Waals surface area contributed by atoms with Crippen LogP contribution >= 0.6 is 11.6 Å². The molecule has 0 spiro atoms. The van der Waals surface area contributed by atoms with Crippen molar-refractivity contribution in [2.24, 2.45) is 5.92 Å². The molecule has 3 N–H and O–H groups in total. The lowest BCUT2D eigenvalue weighted by molar-refractivity contribution is 0.384. The lowest BCUT2D eigenvalue weighted by Gasteiger charge is -2.17. The van der Waals surface area contributed by atoms with Gasteiger partial charge in [0.25, 0.3) is 0 Å². The number of ether oxygens (including phenoxy) is 2. The van der Waals surface area contributed by atoms with Gasteiger partial charge in [0.05, 0.1) is 43.0 Å². The number of hydrogen-bond donors (Lipinski definition) is 3. The molecule has 1 aliphatic carbocycles. The van der Waals surface area contributed by atoms with Gasteiger partial charge in [-0.15, -0.1) is 0 Å². The maximum atomic E-state index is 7.13. The van der Waals surface area contributed by atoms with Crippen molar-refractivity contribution < 1.29 is 9.47 Å². The van der Waals surface area contributed by atoms with E-state index >= 15 is 0 Å². The van der Waals surface area contributed by atoms with E-state index in [9.17, 15) is 0 Å². The van der Waals surface area contributed by atoms with Crippen molar-refractivity contribution in [1.82, 2.24) is 35.9 Å². The fraction of sp³-hybridized carbons (Fsp3) is 0.405. The molecule has 0 amide bonds. The van der Waals surface area contributed by atoms with Gasteiger partial charge in [0, 0.05) is 54.1 Å². The highest BCUT2D eigenvalue weighted by molar-refractivity contribution is 6.36. The average Bonchev–Trinajstić information content (AvgIpc) is 3.71. The van der Waals surface area contributed by atoms with Gasteiger partial charge < -0.3 is 25.4 Å². The monoisotopic (exact) mass is 653 g/mol. The molecule has 3 heterocycles. The highest BCUT2D eigenvalue weighted by Gasteiger charge is 2.22. The molecule has 1 saturated carbocycles. The lowest BCUT2D eigenvalue weighted by Crippen LogP contribution is -2.33. The van der Waals surface area contributed by atoms with Gasteiger partial charge in [0.2, 0.25) is 11.8 Å². The molecule has 246 valence electrons. The van der Waals surface area contributed by atoms with E-state index in [-0.39, 0.29) is 0 Å². The van der Waals surface area contributed by atoms with E-state index in [4.69, 9.17) is 41.0 Å². The summed E-state index contributed by atoms with van der Waals surface area (Å²) >= 11 is 7.13. The molecule has 4 aromatic rings. The van der Waals surface area contributed by atoms with Crippen molar-refractivity contribution in [3.05, 3.63) is 83.0 Å². The minimum Gasteiger partial charge on any atom is -0.480 e. The second-order valence-corrected chi connectivity index (χ2v) is 13.1. The SMILES string of the molecule is C=C1CC[C@@H](CNCc2ncc(-c3cccc(-c4cccc(-c5cnc(CNC6CCC(C)C6)c(OC)n5)c4C)c3Cl)nc2OC)N1. The van der Waals surface area contributed by atoms with Crippen molar-refractivity contribution in [3.8, 4) is 45.4 Å². The van der Waals surface area contributed by atoms with E-state index in [1.807, 2.05) is 30.5 Å². The molecular formula is C37H44ClN7O2. The van der Waals surface area contributed by atoms with Crippen LogP contribution in [0.25, 0.3) is 33.6 Å². The van der Waals surface area contributed by atoms with Crippen LogP contribution in [0.4, 0.5) is 0 Å². The third kappa shape index (κ3) is 7.43. The zero-order valence-corrected chi connectivity index (χ0v) is 28.5. The van der Waals surface area contributed by atoms with E-state index in [1.54, 1.807) is 20.4 Å². The van der Waals surface area contributed by atoms with Crippen LogP contribution in [0, 0.1) is 12.8 Å². The second kappa shape index (κ2) is 14.8. The van der Waals surface area contributed by atoms with Crippen LogP contribution in [-0.4, -0.2) is 52.8 Å².